The van der Waals surface area contributed by atoms with Gasteiger partial charge in [0.1, 0.15) is 73.2 Å². The first-order valence-electron chi connectivity index (χ1n) is 41.6. The van der Waals surface area contributed by atoms with Crippen LogP contribution in [0.5, 0.6) is 0 Å². The third kappa shape index (κ3) is 44.8. The summed E-state index contributed by atoms with van der Waals surface area (Å²) in [5.41, 5.74) is 0. The number of unbranched alkanes of at least 4 members (excludes halogenated alkanes) is 33. The maximum Gasteiger partial charge on any atom is 0.220 e. The molecule has 0 aromatic carbocycles. The molecular weight excluding hydrogens is 1330 g/mol. The van der Waals surface area contributed by atoms with E-state index in [1.54, 1.807) is 6.08 Å². The topological polar surface area (TPSA) is 307 Å². The number of allylic oxidation sites excluding steroid dienone is 17. The first-order valence-corrected chi connectivity index (χ1v) is 41.6. The van der Waals surface area contributed by atoms with Crippen LogP contribution in [0.1, 0.15) is 296 Å². The van der Waals surface area contributed by atoms with Crippen molar-refractivity contribution in [2.24, 2.45) is 0 Å². The zero-order valence-electron chi connectivity index (χ0n) is 64.9. The Morgan fingerprint density at radius 1 is 0.352 bits per heavy atom. The molecule has 0 aliphatic carbocycles. The maximum absolute atomic E-state index is 13.5. The summed E-state index contributed by atoms with van der Waals surface area (Å²) in [4.78, 5) is 13.5. The average Bonchev–Trinajstić information content (AvgIpc) is 0.779. The van der Waals surface area contributed by atoms with Crippen LogP contribution >= 0.6 is 0 Å². The van der Waals surface area contributed by atoms with Gasteiger partial charge in [-0.25, -0.2) is 0 Å². The van der Waals surface area contributed by atoms with E-state index in [0.29, 0.717) is 12.8 Å². The standard InChI is InChI=1S/C86H149NO18/c1-3-5-7-9-11-13-15-17-19-21-23-25-27-28-29-30-31-32-33-34-35-36-37-38-39-40-42-44-46-48-50-52-54-56-58-60-62-64-74(92)87-69(70(91)63-61-59-57-55-53-51-49-47-45-43-41-26-24-22-20-18-16-14-12-10-8-6-4-2)68-100-84-80(98)77(95)82(72(66-89)102-84)105-86-81(99)78(96)83(73(67-90)103-86)104-85-79(97)76(94)75(93)71(65-88)101-85/h5,7,11,13,17,19,23,25,28-29,31-32,45,47,53,55,61,63,69-73,75-86,88-91,93-99H,3-4,6,8-10,12,14-16,18,20-22,24,26-27,30,33-44,46,48-52,54,56-60,62,64-68H2,1-2H3,(H,87,92)/b7-5-,13-11-,19-17-,25-23-,29-28-,32-31-,47-45+,55-53+,63-61+. The van der Waals surface area contributed by atoms with Gasteiger partial charge in [-0.1, -0.05) is 303 Å². The van der Waals surface area contributed by atoms with Crippen LogP contribution in [-0.2, 0) is 33.2 Å². The molecule has 12 N–H and O–H groups in total. The van der Waals surface area contributed by atoms with Crippen molar-refractivity contribution in [1.82, 2.24) is 5.32 Å². The number of carbonyl (C=O) groups excluding carboxylic acids is 1. The van der Waals surface area contributed by atoms with Crippen molar-refractivity contribution in [3.63, 3.8) is 0 Å². The fourth-order valence-corrected chi connectivity index (χ4v) is 13.4. The number of aliphatic hydroxyl groups excluding tert-OH is 11. The number of hydrogen-bond acceptors (Lipinski definition) is 18. The number of amides is 1. The van der Waals surface area contributed by atoms with Crippen LogP contribution in [0, 0.1) is 0 Å². The minimum atomic E-state index is -1.99. The van der Waals surface area contributed by atoms with Gasteiger partial charge in [0.2, 0.25) is 5.91 Å². The van der Waals surface area contributed by atoms with Crippen LogP contribution in [0.15, 0.2) is 109 Å². The van der Waals surface area contributed by atoms with Crippen molar-refractivity contribution in [3.8, 4) is 0 Å². The summed E-state index contributed by atoms with van der Waals surface area (Å²) in [6.45, 7) is 1.62. The first-order chi connectivity index (χ1) is 51.3. The Labute approximate surface area is 634 Å². The van der Waals surface area contributed by atoms with E-state index < -0.39 is 124 Å². The van der Waals surface area contributed by atoms with Gasteiger partial charge in [0.25, 0.3) is 0 Å². The Morgan fingerprint density at radius 2 is 0.667 bits per heavy atom. The predicted octanol–water partition coefficient (Wildman–Crippen LogP) is 14.5. The molecule has 1 amide bonds. The smallest absolute Gasteiger partial charge is 0.220 e. The normalized spacial score (nSPS) is 26.4. The monoisotopic (exact) mass is 1480 g/mol. The van der Waals surface area contributed by atoms with Gasteiger partial charge >= 0.3 is 0 Å². The zero-order valence-corrected chi connectivity index (χ0v) is 64.9. The van der Waals surface area contributed by atoms with E-state index in [-0.39, 0.29) is 18.9 Å². The summed E-state index contributed by atoms with van der Waals surface area (Å²) in [7, 11) is 0. The Bertz CT molecular complexity index is 2320. The molecular formula is C86H149NO18. The molecule has 3 rings (SSSR count). The molecule has 0 radical (unpaired) electrons. The van der Waals surface area contributed by atoms with E-state index in [2.05, 4.69) is 116 Å². The van der Waals surface area contributed by atoms with Gasteiger partial charge in [0.05, 0.1) is 38.6 Å². The third-order valence-electron chi connectivity index (χ3n) is 20.0. The number of aliphatic hydroxyl groups is 11. The summed E-state index contributed by atoms with van der Waals surface area (Å²) >= 11 is 0. The van der Waals surface area contributed by atoms with Gasteiger partial charge in [-0.3, -0.25) is 4.79 Å². The number of carbonyl (C=O) groups is 1. The SMILES string of the molecule is CC/C=C\C/C=C\C/C=C\C/C=C\C/C=C\C/C=C\CCCCCCCCCCCCCCCCCCCCC(=O)NC(COC1OC(CO)C(OC2OC(CO)C(OC3OC(CO)C(O)C(O)C3O)C(O)C2O)C(O)C1O)C(O)/C=C/CC/C=C/CC/C=C/CCCCCCCCCCCCCCC. The Kier molecular flexibility index (Phi) is 59.4. The molecule has 3 fully saturated rings. The lowest BCUT2D eigenvalue weighted by molar-refractivity contribution is -0.379. The number of hydrogen-bond donors (Lipinski definition) is 12. The number of nitrogens with one attached hydrogen (secondary N) is 1. The van der Waals surface area contributed by atoms with Crippen molar-refractivity contribution >= 4 is 5.91 Å². The van der Waals surface area contributed by atoms with Gasteiger partial charge in [0.15, 0.2) is 18.9 Å². The van der Waals surface area contributed by atoms with Crippen LogP contribution in [-0.4, -0.2) is 193 Å². The molecule has 3 heterocycles. The molecule has 105 heavy (non-hydrogen) atoms. The fraction of sp³-hybridized carbons (Fsp3) is 0.779. The molecule has 3 aliphatic rings. The van der Waals surface area contributed by atoms with E-state index in [0.717, 1.165) is 83.5 Å². The van der Waals surface area contributed by atoms with Crippen LogP contribution in [0.25, 0.3) is 0 Å². The predicted molar refractivity (Wildman–Crippen MR) is 420 cm³/mol. The molecule has 0 aromatic rings. The minimum Gasteiger partial charge on any atom is -0.394 e. The molecule has 3 aliphatic heterocycles. The first kappa shape index (κ1) is 95.7. The molecule has 0 saturated carbocycles. The summed E-state index contributed by atoms with van der Waals surface area (Å²) in [6.07, 6.45) is 63.7. The summed E-state index contributed by atoms with van der Waals surface area (Å²) in [5.74, 6) is -0.289. The fourth-order valence-electron chi connectivity index (χ4n) is 13.4. The van der Waals surface area contributed by atoms with E-state index in [9.17, 15) is 61.0 Å². The quantitative estimate of drug-likeness (QED) is 0.0199. The van der Waals surface area contributed by atoms with Crippen molar-refractivity contribution < 1.29 is 89.4 Å². The van der Waals surface area contributed by atoms with Crippen LogP contribution < -0.4 is 5.32 Å². The van der Waals surface area contributed by atoms with Gasteiger partial charge in [0, 0.05) is 6.42 Å². The maximum atomic E-state index is 13.5. The molecule has 0 spiro atoms. The van der Waals surface area contributed by atoms with Crippen LogP contribution in [0.4, 0.5) is 0 Å². The van der Waals surface area contributed by atoms with Gasteiger partial charge < -0.3 is 89.9 Å². The van der Waals surface area contributed by atoms with E-state index in [4.69, 9.17) is 28.4 Å². The summed E-state index contributed by atoms with van der Waals surface area (Å²) in [5, 5.41) is 121. The second-order valence-corrected chi connectivity index (χ2v) is 29.2. The van der Waals surface area contributed by atoms with Gasteiger partial charge in [-0.2, -0.15) is 0 Å². The molecule has 17 unspecified atom stereocenters. The Balaban J connectivity index is 1.35. The van der Waals surface area contributed by atoms with Crippen molar-refractivity contribution in [2.75, 3.05) is 26.4 Å². The average molecular weight is 1490 g/mol. The zero-order chi connectivity index (χ0) is 76.0. The lowest BCUT2D eigenvalue weighted by Gasteiger charge is -2.48. The summed E-state index contributed by atoms with van der Waals surface area (Å²) in [6, 6.07) is -1.00. The molecule has 19 nitrogen and oxygen atoms in total. The van der Waals surface area contributed by atoms with Crippen LogP contribution in [0.3, 0.4) is 0 Å². The Morgan fingerprint density at radius 3 is 1.07 bits per heavy atom. The number of ether oxygens (including phenoxy) is 6. The molecule has 17 atom stereocenters. The van der Waals surface area contributed by atoms with Crippen molar-refractivity contribution in [2.45, 2.75) is 401 Å². The van der Waals surface area contributed by atoms with Crippen molar-refractivity contribution in [3.05, 3.63) is 109 Å². The molecule has 0 aromatic heterocycles. The lowest BCUT2D eigenvalue weighted by atomic mass is 9.96. The molecule has 606 valence electrons. The largest absolute Gasteiger partial charge is 0.394 e. The third-order valence-corrected chi connectivity index (χ3v) is 20.0. The number of rotatable bonds is 65. The van der Waals surface area contributed by atoms with E-state index in [1.165, 1.54) is 180 Å². The lowest BCUT2D eigenvalue weighted by Crippen LogP contribution is -2.66. The Hall–Kier alpha value is -3.55. The van der Waals surface area contributed by atoms with Crippen LogP contribution in [0.2, 0.25) is 0 Å². The van der Waals surface area contributed by atoms with Gasteiger partial charge in [-0.15, -0.1) is 0 Å². The second kappa shape index (κ2) is 65.2. The minimum absolute atomic E-state index is 0.229. The van der Waals surface area contributed by atoms with E-state index >= 15 is 0 Å². The van der Waals surface area contributed by atoms with Crippen molar-refractivity contribution in [1.29, 1.82) is 0 Å². The van der Waals surface area contributed by atoms with E-state index in [1.807, 2.05) is 6.08 Å². The highest BCUT2D eigenvalue weighted by Gasteiger charge is 2.54. The summed E-state index contributed by atoms with van der Waals surface area (Å²) < 4.78 is 34.4. The highest BCUT2D eigenvalue weighted by molar-refractivity contribution is 5.76. The molecule has 3 saturated heterocycles. The molecule has 19 heteroatoms. The van der Waals surface area contributed by atoms with Gasteiger partial charge in [-0.05, 0) is 96.3 Å². The second-order valence-electron chi connectivity index (χ2n) is 29.2. The highest BCUT2D eigenvalue weighted by atomic mass is 16.8. The highest BCUT2D eigenvalue weighted by Crippen LogP contribution is 2.33. The molecule has 0 bridgehead atoms.